The van der Waals surface area contributed by atoms with E-state index in [0.717, 1.165) is 53.5 Å². The fourth-order valence-electron chi connectivity index (χ4n) is 4.20. The number of aromatic nitrogens is 1. The van der Waals surface area contributed by atoms with Gasteiger partial charge in [0.1, 0.15) is 0 Å². The Morgan fingerprint density at radius 1 is 1.03 bits per heavy atom. The lowest BCUT2D eigenvalue weighted by molar-refractivity contribution is -0.136. The molecule has 1 aliphatic rings. The van der Waals surface area contributed by atoms with E-state index in [4.69, 9.17) is 0 Å². The second-order valence-electron chi connectivity index (χ2n) is 8.30. The van der Waals surface area contributed by atoms with Gasteiger partial charge in [0.05, 0.1) is 11.6 Å². The average molecular weight is 389 g/mol. The summed E-state index contributed by atoms with van der Waals surface area (Å²) in [5.74, 6) is 0.451. The van der Waals surface area contributed by atoms with E-state index in [1.54, 1.807) is 6.20 Å². The SMILES string of the molecule is CC(C)C(=O)N1CCC(C(O)c2ccc(-c3ccc4ncccc4c3)cc2)CC1. The summed E-state index contributed by atoms with van der Waals surface area (Å²) in [6, 6.07) is 18.5. The van der Waals surface area contributed by atoms with Crippen LogP contribution in [0.25, 0.3) is 22.0 Å². The van der Waals surface area contributed by atoms with Crippen LogP contribution in [-0.4, -0.2) is 34.0 Å². The van der Waals surface area contributed by atoms with Gasteiger partial charge in [-0.25, -0.2) is 0 Å². The normalized spacial score (nSPS) is 16.3. The third kappa shape index (κ3) is 4.18. The van der Waals surface area contributed by atoms with Gasteiger partial charge in [-0.15, -0.1) is 0 Å². The van der Waals surface area contributed by atoms with E-state index in [9.17, 15) is 9.90 Å². The predicted molar refractivity (Wildman–Crippen MR) is 116 cm³/mol. The Hall–Kier alpha value is -2.72. The van der Waals surface area contributed by atoms with Crippen molar-refractivity contribution < 1.29 is 9.90 Å². The third-order valence-electron chi connectivity index (χ3n) is 5.98. The van der Waals surface area contributed by atoms with Gasteiger partial charge in [-0.05, 0) is 53.6 Å². The third-order valence-corrected chi connectivity index (χ3v) is 5.98. The summed E-state index contributed by atoms with van der Waals surface area (Å²) in [5, 5.41) is 12.0. The molecule has 1 aliphatic heterocycles. The van der Waals surface area contributed by atoms with Gasteiger partial charge in [0.25, 0.3) is 0 Å². The van der Waals surface area contributed by atoms with Crippen molar-refractivity contribution in [3.8, 4) is 11.1 Å². The fraction of sp³-hybridized carbons (Fsp3) is 0.360. The summed E-state index contributed by atoms with van der Waals surface area (Å²) < 4.78 is 0. The zero-order chi connectivity index (χ0) is 20.4. The minimum Gasteiger partial charge on any atom is -0.388 e. The number of hydrogen-bond acceptors (Lipinski definition) is 3. The van der Waals surface area contributed by atoms with Crippen LogP contribution in [0.4, 0.5) is 0 Å². The highest BCUT2D eigenvalue weighted by atomic mass is 16.3. The largest absolute Gasteiger partial charge is 0.388 e. The maximum Gasteiger partial charge on any atom is 0.225 e. The van der Waals surface area contributed by atoms with Gasteiger partial charge in [-0.2, -0.15) is 0 Å². The Labute approximate surface area is 172 Å². The molecule has 29 heavy (non-hydrogen) atoms. The van der Waals surface area contributed by atoms with Crippen LogP contribution >= 0.6 is 0 Å². The minimum atomic E-state index is -0.485. The highest BCUT2D eigenvalue weighted by Crippen LogP contribution is 2.32. The van der Waals surface area contributed by atoms with E-state index < -0.39 is 6.10 Å². The van der Waals surface area contributed by atoms with Crippen molar-refractivity contribution in [1.82, 2.24) is 9.88 Å². The number of fused-ring (bicyclic) bond motifs is 1. The predicted octanol–water partition coefficient (Wildman–Crippen LogP) is 4.83. The number of pyridine rings is 1. The molecule has 1 fully saturated rings. The van der Waals surface area contributed by atoms with Gasteiger partial charge in [-0.3, -0.25) is 9.78 Å². The number of amides is 1. The molecule has 2 heterocycles. The fourth-order valence-corrected chi connectivity index (χ4v) is 4.20. The second kappa shape index (κ2) is 8.34. The molecule has 0 saturated carbocycles. The quantitative estimate of drug-likeness (QED) is 0.696. The molecule has 150 valence electrons. The molecule has 1 unspecified atom stereocenters. The van der Waals surface area contributed by atoms with Gasteiger partial charge >= 0.3 is 0 Å². The molecule has 4 nitrogen and oxygen atoms in total. The van der Waals surface area contributed by atoms with Crippen molar-refractivity contribution in [2.45, 2.75) is 32.8 Å². The van der Waals surface area contributed by atoms with E-state index >= 15 is 0 Å². The topological polar surface area (TPSA) is 53.4 Å². The van der Waals surface area contributed by atoms with Gasteiger partial charge < -0.3 is 10.0 Å². The summed E-state index contributed by atoms with van der Waals surface area (Å²) in [6.07, 6.45) is 3.01. The van der Waals surface area contributed by atoms with Crippen LogP contribution in [-0.2, 0) is 4.79 Å². The van der Waals surface area contributed by atoms with Crippen molar-refractivity contribution in [3.63, 3.8) is 0 Å². The molecule has 4 rings (SSSR count). The number of hydrogen-bond donors (Lipinski definition) is 1. The summed E-state index contributed by atoms with van der Waals surface area (Å²) >= 11 is 0. The van der Waals surface area contributed by atoms with Gasteiger partial charge in [-0.1, -0.05) is 50.2 Å². The summed E-state index contributed by atoms with van der Waals surface area (Å²) in [4.78, 5) is 18.5. The minimum absolute atomic E-state index is 0.0370. The number of likely N-dealkylation sites (tertiary alicyclic amines) is 1. The van der Waals surface area contributed by atoms with Crippen LogP contribution in [0, 0.1) is 11.8 Å². The lowest BCUT2D eigenvalue weighted by atomic mass is 9.86. The Morgan fingerprint density at radius 2 is 1.72 bits per heavy atom. The molecule has 0 radical (unpaired) electrons. The molecule has 0 aliphatic carbocycles. The number of benzene rings is 2. The van der Waals surface area contributed by atoms with Crippen molar-refractivity contribution in [3.05, 3.63) is 66.4 Å². The molecule has 4 heteroatoms. The van der Waals surface area contributed by atoms with Crippen molar-refractivity contribution >= 4 is 16.8 Å². The molecule has 1 N–H and O–H groups in total. The maximum absolute atomic E-state index is 12.2. The molecule has 0 spiro atoms. The number of carbonyl (C=O) groups excluding carboxylic acids is 1. The highest BCUT2D eigenvalue weighted by Gasteiger charge is 2.29. The van der Waals surface area contributed by atoms with Crippen molar-refractivity contribution in [2.24, 2.45) is 11.8 Å². The second-order valence-corrected chi connectivity index (χ2v) is 8.30. The van der Waals surface area contributed by atoms with Crippen LogP contribution in [0.5, 0.6) is 0 Å². The van der Waals surface area contributed by atoms with E-state index in [2.05, 4.69) is 35.3 Å². The van der Waals surface area contributed by atoms with Crippen LogP contribution in [0.2, 0.25) is 0 Å². The summed E-state index contributed by atoms with van der Waals surface area (Å²) in [5.41, 5.74) is 4.21. The Bertz CT molecular complexity index is 989. The Morgan fingerprint density at radius 3 is 2.41 bits per heavy atom. The molecular weight excluding hydrogens is 360 g/mol. The first-order valence-electron chi connectivity index (χ1n) is 10.4. The smallest absolute Gasteiger partial charge is 0.225 e. The number of rotatable bonds is 4. The molecule has 1 amide bonds. The zero-order valence-corrected chi connectivity index (χ0v) is 17.1. The van der Waals surface area contributed by atoms with Crippen molar-refractivity contribution in [2.75, 3.05) is 13.1 Å². The Kier molecular flexibility index (Phi) is 5.63. The van der Waals surface area contributed by atoms with E-state index in [1.807, 2.05) is 43.0 Å². The first-order valence-corrected chi connectivity index (χ1v) is 10.4. The maximum atomic E-state index is 12.2. The van der Waals surface area contributed by atoms with Crippen LogP contribution in [0.1, 0.15) is 38.4 Å². The van der Waals surface area contributed by atoms with Crippen LogP contribution < -0.4 is 0 Å². The van der Waals surface area contributed by atoms with E-state index in [-0.39, 0.29) is 17.7 Å². The lowest BCUT2D eigenvalue weighted by Crippen LogP contribution is -2.41. The number of carbonyl (C=O) groups is 1. The first kappa shape index (κ1) is 19.6. The molecule has 1 atom stereocenters. The molecule has 1 saturated heterocycles. The zero-order valence-electron chi connectivity index (χ0n) is 17.1. The standard InChI is InChI=1S/C25H28N2O2/c1-17(2)25(29)27-14-11-20(12-15-27)24(28)19-7-5-18(6-8-19)21-9-10-23-22(16-21)4-3-13-26-23/h3-10,13,16-17,20,24,28H,11-12,14-15H2,1-2H3. The highest BCUT2D eigenvalue weighted by molar-refractivity contribution is 5.84. The van der Waals surface area contributed by atoms with Crippen molar-refractivity contribution in [1.29, 1.82) is 0 Å². The molecule has 1 aromatic heterocycles. The number of aliphatic hydroxyl groups excluding tert-OH is 1. The summed E-state index contributed by atoms with van der Waals surface area (Å²) in [6.45, 7) is 5.36. The molecule has 0 bridgehead atoms. The number of piperidine rings is 1. The average Bonchev–Trinajstić information content (AvgIpc) is 2.78. The molecular formula is C25H28N2O2. The molecule has 2 aromatic carbocycles. The number of aliphatic hydroxyl groups is 1. The van der Waals surface area contributed by atoms with E-state index in [0.29, 0.717) is 0 Å². The van der Waals surface area contributed by atoms with E-state index in [1.165, 1.54) is 0 Å². The van der Waals surface area contributed by atoms with Crippen LogP contribution in [0.15, 0.2) is 60.8 Å². The lowest BCUT2D eigenvalue weighted by Gasteiger charge is -2.35. The molecule has 3 aromatic rings. The number of nitrogens with zero attached hydrogens (tertiary/aromatic N) is 2. The Balaban J connectivity index is 1.44. The van der Waals surface area contributed by atoms with Gasteiger partial charge in [0.2, 0.25) is 5.91 Å². The first-order chi connectivity index (χ1) is 14.0. The van der Waals surface area contributed by atoms with Crippen LogP contribution in [0.3, 0.4) is 0 Å². The monoisotopic (exact) mass is 388 g/mol. The van der Waals surface area contributed by atoms with Gasteiger partial charge in [0, 0.05) is 30.6 Å². The summed E-state index contributed by atoms with van der Waals surface area (Å²) in [7, 11) is 0. The van der Waals surface area contributed by atoms with Gasteiger partial charge in [0.15, 0.2) is 0 Å².